The lowest BCUT2D eigenvalue weighted by molar-refractivity contribution is 0.0607. The molecule has 7 heteroatoms. The number of nitrogens with one attached hydrogen (secondary N) is 1. The number of methoxy groups -OCH3 is 1. The van der Waals surface area contributed by atoms with Gasteiger partial charge in [-0.15, -0.1) is 11.3 Å². The Bertz CT molecular complexity index is 637. The summed E-state index contributed by atoms with van der Waals surface area (Å²) in [7, 11) is 1.38. The summed E-state index contributed by atoms with van der Waals surface area (Å²) < 4.78 is 4.77. The molecule has 6 nitrogen and oxygen atoms in total. The molecule has 0 unspecified atom stereocenters. The van der Waals surface area contributed by atoms with Gasteiger partial charge in [-0.2, -0.15) is 0 Å². The van der Waals surface area contributed by atoms with Crippen LogP contribution in [0.15, 0.2) is 23.8 Å². The summed E-state index contributed by atoms with van der Waals surface area (Å²) >= 11 is 1.34. The molecule has 0 radical (unpaired) electrons. The summed E-state index contributed by atoms with van der Waals surface area (Å²) in [6.45, 7) is 2.06. The summed E-state index contributed by atoms with van der Waals surface area (Å²) in [5, 5.41) is 5.01. The molecule has 0 bridgehead atoms. The van der Waals surface area contributed by atoms with Crippen LogP contribution >= 0.6 is 11.3 Å². The van der Waals surface area contributed by atoms with Gasteiger partial charge in [-0.3, -0.25) is 0 Å². The molecular formula is C14H16N4O2S. The molecule has 3 heterocycles. The Morgan fingerprint density at radius 3 is 2.95 bits per heavy atom. The van der Waals surface area contributed by atoms with Crippen LogP contribution < -0.4 is 10.2 Å². The molecule has 2 aromatic heterocycles. The number of thiophene rings is 1. The van der Waals surface area contributed by atoms with Crippen LogP contribution in [0.25, 0.3) is 0 Å². The van der Waals surface area contributed by atoms with Gasteiger partial charge in [0.05, 0.1) is 12.8 Å². The van der Waals surface area contributed by atoms with E-state index in [1.807, 2.05) is 17.5 Å². The van der Waals surface area contributed by atoms with E-state index < -0.39 is 0 Å². The van der Waals surface area contributed by atoms with Crippen LogP contribution in [0.2, 0.25) is 0 Å². The molecule has 0 amide bonds. The molecule has 110 valence electrons. The lowest BCUT2D eigenvalue weighted by atomic mass is 10.3. The highest BCUT2D eigenvalue weighted by Gasteiger charge is 2.16. The highest BCUT2D eigenvalue weighted by molar-refractivity contribution is 7.12. The monoisotopic (exact) mass is 304 g/mol. The first-order valence-corrected chi connectivity index (χ1v) is 7.66. The molecule has 1 aliphatic rings. The minimum Gasteiger partial charge on any atom is -0.465 e. The predicted molar refractivity (Wildman–Crippen MR) is 82.4 cm³/mol. The predicted octanol–water partition coefficient (Wildman–Crippen LogP) is 2.67. The smallest absolute Gasteiger partial charge is 0.350 e. The number of nitrogens with zero attached hydrogens (tertiary/aromatic N) is 3. The summed E-state index contributed by atoms with van der Waals surface area (Å²) in [5.41, 5.74) is 0.706. The van der Waals surface area contributed by atoms with Gasteiger partial charge in [-0.1, -0.05) is 0 Å². The fourth-order valence-electron chi connectivity index (χ4n) is 2.33. The molecule has 21 heavy (non-hydrogen) atoms. The van der Waals surface area contributed by atoms with Crippen molar-refractivity contribution in [2.75, 3.05) is 30.4 Å². The zero-order chi connectivity index (χ0) is 14.7. The van der Waals surface area contributed by atoms with Gasteiger partial charge in [0.25, 0.3) is 0 Å². The van der Waals surface area contributed by atoms with Gasteiger partial charge in [0.2, 0.25) is 0 Å². The van der Waals surface area contributed by atoms with Gasteiger partial charge in [0.1, 0.15) is 22.8 Å². The molecule has 0 saturated carbocycles. The molecule has 0 spiro atoms. The number of anilines is 3. The Labute approximate surface area is 126 Å². The van der Waals surface area contributed by atoms with E-state index in [1.165, 1.54) is 31.3 Å². The largest absolute Gasteiger partial charge is 0.465 e. The Morgan fingerprint density at radius 2 is 2.19 bits per heavy atom. The van der Waals surface area contributed by atoms with Crippen LogP contribution in [0.1, 0.15) is 22.5 Å². The standard InChI is InChI=1S/C14H16N4O2S/c1-20-14(19)13-10(4-7-21-13)17-11-8-12(16-9-15-11)18-5-2-3-6-18/h4,7-9H,2-3,5-6H2,1H3,(H,15,16,17). The second-order valence-electron chi connectivity index (χ2n) is 4.74. The van der Waals surface area contributed by atoms with Crippen LogP contribution in [-0.4, -0.2) is 36.1 Å². The van der Waals surface area contributed by atoms with Crippen molar-refractivity contribution in [2.24, 2.45) is 0 Å². The van der Waals surface area contributed by atoms with Gasteiger partial charge in [-0.25, -0.2) is 14.8 Å². The van der Waals surface area contributed by atoms with Crippen LogP contribution in [0.3, 0.4) is 0 Å². The van der Waals surface area contributed by atoms with Crippen molar-refractivity contribution in [3.05, 3.63) is 28.7 Å². The highest BCUT2D eigenvalue weighted by Crippen LogP contribution is 2.27. The first-order chi connectivity index (χ1) is 10.3. The summed E-state index contributed by atoms with van der Waals surface area (Å²) in [4.78, 5) is 23.0. The van der Waals surface area contributed by atoms with E-state index >= 15 is 0 Å². The van der Waals surface area contributed by atoms with Crippen molar-refractivity contribution in [3.8, 4) is 0 Å². The van der Waals surface area contributed by atoms with Crippen molar-refractivity contribution in [1.29, 1.82) is 0 Å². The molecule has 0 atom stereocenters. The fraction of sp³-hybridized carbons (Fsp3) is 0.357. The third-order valence-electron chi connectivity index (χ3n) is 3.38. The Kier molecular flexibility index (Phi) is 4.01. The normalized spacial score (nSPS) is 14.2. The minimum absolute atomic E-state index is 0.346. The average Bonchev–Trinajstić information content (AvgIpc) is 3.18. The number of carbonyl (C=O) groups excluding carboxylic acids is 1. The number of rotatable bonds is 4. The van der Waals surface area contributed by atoms with E-state index in [4.69, 9.17) is 4.74 Å². The van der Waals surface area contributed by atoms with Gasteiger partial charge in [0.15, 0.2) is 0 Å². The van der Waals surface area contributed by atoms with Gasteiger partial charge in [-0.05, 0) is 24.3 Å². The maximum Gasteiger partial charge on any atom is 0.350 e. The van der Waals surface area contributed by atoms with Crippen molar-refractivity contribution < 1.29 is 9.53 Å². The third kappa shape index (κ3) is 2.97. The number of hydrogen-bond donors (Lipinski definition) is 1. The molecular weight excluding hydrogens is 288 g/mol. The van der Waals surface area contributed by atoms with Crippen molar-refractivity contribution in [1.82, 2.24) is 9.97 Å². The van der Waals surface area contributed by atoms with E-state index in [2.05, 4.69) is 20.2 Å². The summed E-state index contributed by atoms with van der Waals surface area (Å²) in [6, 6.07) is 3.75. The van der Waals surface area contributed by atoms with Crippen LogP contribution in [0, 0.1) is 0 Å². The number of aromatic nitrogens is 2. The maximum atomic E-state index is 11.7. The van der Waals surface area contributed by atoms with Crippen LogP contribution in [-0.2, 0) is 4.74 Å². The fourth-order valence-corrected chi connectivity index (χ4v) is 3.10. The quantitative estimate of drug-likeness (QED) is 0.876. The third-order valence-corrected chi connectivity index (χ3v) is 4.28. The number of carbonyl (C=O) groups is 1. The van der Waals surface area contributed by atoms with Gasteiger partial charge < -0.3 is 15.0 Å². The molecule has 3 rings (SSSR count). The van der Waals surface area contributed by atoms with E-state index in [1.54, 1.807) is 6.33 Å². The first kappa shape index (κ1) is 13.8. The number of ether oxygens (including phenoxy) is 1. The van der Waals surface area contributed by atoms with Crippen LogP contribution in [0.4, 0.5) is 17.3 Å². The minimum atomic E-state index is -0.346. The Morgan fingerprint density at radius 1 is 1.38 bits per heavy atom. The van der Waals surface area contributed by atoms with E-state index in [0.29, 0.717) is 16.4 Å². The summed E-state index contributed by atoms with van der Waals surface area (Å²) in [6.07, 6.45) is 3.94. The zero-order valence-electron chi connectivity index (χ0n) is 11.7. The highest BCUT2D eigenvalue weighted by atomic mass is 32.1. The van der Waals surface area contributed by atoms with E-state index in [9.17, 15) is 4.79 Å². The maximum absolute atomic E-state index is 11.7. The average molecular weight is 304 g/mol. The SMILES string of the molecule is COC(=O)c1sccc1Nc1cc(N2CCCC2)ncn1. The van der Waals surface area contributed by atoms with Crippen molar-refractivity contribution >= 4 is 34.6 Å². The first-order valence-electron chi connectivity index (χ1n) is 6.78. The zero-order valence-corrected chi connectivity index (χ0v) is 12.5. The molecule has 1 aliphatic heterocycles. The molecule has 1 saturated heterocycles. The van der Waals surface area contributed by atoms with Crippen LogP contribution in [0.5, 0.6) is 0 Å². The summed E-state index contributed by atoms with van der Waals surface area (Å²) in [5.74, 6) is 1.25. The lowest BCUT2D eigenvalue weighted by Crippen LogP contribution is -2.19. The van der Waals surface area contributed by atoms with Crippen molar-refractivity contribution in [3.63, 3.8) is 0 Å². The lowest BCUT2D eigenvalue weighted by Gasteiger charge is -2.16. The van der Waals surface area contributed by atoms with E-state index in [0.717, 1.165) is 18.9 Å². The second-order valence-corrected chi connectivity index (χ2v) is 5.65. The van der Waals surface area contributed by atoms with E-state index in [-0.39, 0.29) is 5.97 Å². The molecule has 2 aromatic rings. The molecule has 0 aliphatic carbocycles. The molecule has 0 aromatic carbocycles. The number of esters is 1. The topological polar surface area (TPSA) is 67.3 Å². The molecule has 1 fully saturated rings. The molecule has 1 N–H and O–H groups in total. The second kappa shape index (κ2) is 6.09. The Balaban J connectivity index is 1.80. The van der Waals surface area contributed by atoms with Gasteiger partial charge >= 0.3 is 5.97 Å². The van der Waals surface area contributed by atoms with Crippen molar-refractivity contribution in [2.45, 2.75) is 12.8 Å². The van der Waals surface area contributed by atoms with Gasteiger partial charge in [0, 0.05) is 19.2 Å². The number of hydrogen-bond acceptors (Lipinski definition) is 7. The Hall–Kier alpha value is -2.15.